The number of likely N-dealkylation sites (N-methyl/N-ethyl adjacent to an activating group) is 1. The molecule has 0 aromatic heterocycles. The van der Waals surface area contributed by atoms with Crippen LogP contribution >= 0.6 is 7.94 Å². The molecule has 3 aromatic carbocycles. The van der Waals surface area contributed by atoms with Crippen LogP contribution in [0.3, 0.4) is 0 Å². The van der Waals surface area contributed by atoms with Crippen molar-refractivity contribution in [2.45, 2.75) is 123 Å². The molecular formula is C60H95N6O10P. The van der Waals surface area contributed by atoms with E-state index in [1.165, 1.54) is 70.6 Å². The topological polar surface area (TPSA) is 170 Å². The van der Waals surface area contributed by atoms with Crippen molar-refractivity contribution < 1.29 is 51.9 Å². The molecule has 0 unspecified atom stereocenters. The van der Waals surface area contributed by atoms with Gasteiger partial charge in [0.05, 0.1) is 6.54 Å². The SMILES string of the molecule is CC(=O)CN1CCN(CC(=O)Nc2ccc([PH]([O-])(OCCCCCCCCCCCCCCCCCC=O)OCC[N+](C)(C)C)cc2)CCN(CC(=O)OCc2ccccc2)CCN(CC(=O)OCc2ccccc2)CC1. The minimum absolute atomic E-state index is 0.0124. The number of quaternary nitrogens is 1. The Morgan fingerprint density at radius 2 is 0.922 bits per heavy atom. The van der Waals surface area contributed by atoms with Crippen LogP contribution in [0.1, 0.15) is 121 Å². The number of Topliss-reactive ketones (excluding diaryl/α,β-unsaturated/α-hetero) is 1. The molecule has 4 rings (SSSR count). The second-order valence-corrected chi connectivity index (χ2v) is 24.0. The average Bonchev–Trinajstić information content (AvgIpc) is 3.40. The second kappa shape index (κ2) is 38.2. The van der Waals surface area contributed by atoms with E-state index in [0.29, 0.717) is 87.4 Å². The van der Waals surface area contributed by atoms with Gasteiger partial charge >= 0.3 is 268 Å². The van der Waals surface area contributed by atoms with E-state index in [0.717, 1.165) is 43.1 Å². The van der Waals surface area contributed by atoms with E-state index < -0.39 is 7.94 Å². The number of esters is 2. The van der Waals surface area contributed by atoms with Crippen LogP contribution in [-0.2, 0) is 55.7 Å². The smallest absolute Gasteiger partial charge is 0.460 e. The minimum Gasteiger partial charge on any atom is -0.460 e. The van der Waals surface area contributed by atoms with Gasteiger partial charge in [-0.25, -0.2) is 0 Å². The summed E-state index contributed by atoms with van der Waals surface area (Å²) in [5.41, 5.74) is 2.32. The fraction of sp³-hybridized carbons (Fsp3) is 0.617. The van der Waals surface area contributed by atoms with Gasteiger partial charge in [-0.3, -0.25) is 19.3 Å². The number of carbonyl (C=O) groups is 5. The molecule has 1 N–H and O–H groups in total. The van der Waals surface area contributed by atoms with Crippen LogP contribution in [0.15, 0.2) is 84.9 Å². The number of rotatable bonds is 37. The Labute approximate surface area is 462 Å². The molecule has 1 aliphatic heterocycles. The molecule has 17 heteroatoms. The van der Waals surface area contributed by atoms with Crippen molar-refractivity contribution in [2.75, 3.05) is 125 Å². The molecule has 0 aliphatic carbocycles. The first-order valence-corrected chi connectivity index (χ1v) is 30.3. The number of benzene rings is 3. The molecule has 0 radical (unpaired) electrons. The van der Waals surface area contributed by atoms with Gasteiger partial charge < -0.3 is 14.3 Å². The summed E-state index contributed by atoms with van der Waals surface area (Å²) in [6.45, 7) is 7.15. The summed E-state index contributed by atoms with van der Waals surface area (Å²) < 4.78 is 24.2. The van der Waals surface area contributed by atoms with E-state index in [2.05, 4.69) is 26.5 Å². The van der Waals surface area contributed by atoms with Crippen LogP contribution in [0.25, 0.3) is 0 Å². The monoisotopic (exact) mass is 1090 g/mol. The van der Waals surface area contributed by atoms with E-state index in [9.17, 15) is 28.9 Å². The predicted molar refractivity (Wildman–Crippen MR) is 307 cm³/mol. The maximum absolute atomic E-state index is 14.4. The summed E-state index contributed by atoms with van der Waals surface area (Å²) in [7, 11) is 2.14. The number of hydrogen-bond donors (Lipinski definition) is 1. The maximum atomic E-state index is 14.4. The molecule has 430 valence electrons. The Hall–Kier alpha value is -4.48. The van der Waals surface area contributed by atoms with Crippen molar-refractivity contribution in [1.82, 2.24) is 19.6 Å². The van der Waals surface area contributed by atoms with E-state index >= 15 is 0 Å². The van der Waals surface area contributed by atoms with Crippen LogP contribution in [0.4, 0.5) is 5.69 Å². The number of nitrogens with zero attached hydrogens (tertiary/aromatic N) is 5. The van der Waals surface area contributed by atoms with Crippen molar-refractivity contribution in [2.24, 2.45) is 0 Å². The number of ketones is 1. The van der Waals surface area contributed by atoms with Gasteiger partial charge in [0.25, 0.3) is 0 Å². The first-order chi connectivity index (χ1) is 37.2. The molecule has 0 bridgehead atoms. The molecule has 1 amide bonds. The van der Waals surface area contributed by atoms with Gasteiger partial charge in [-0.2, -0.15) is 0 Å². The minimum atomic E-state index is -4.04. The number of unbranched alkanes of at least 4 members (excludes halogenated alkanes) is 15. The number of nitrogens with one attached hydrogen (secondary N) is 1. The standard InChI is InChI=1S/C60H95N6O10P/c1-53(68)47-62-35-37-63(38-40-65(50-60(71)74-52-55-29-23-20-24-30-55)42-41-64(39-36-62)49-59(70)73-51-54-27-21-19-22-28-54)48-58(69)61-56-31-33-57(34-32-56)77(72,76-46-43-66(2,3)4)75-45-26-18-16-14-12-10-8-6-5-7-9-11-13-15-17-25-44-67/h19-24,27-34,44,77H,5-18,25-26,35-43,45-52H2,1-4H3,(H,61,69). The van der Waals surface area contributed by atoms with Gasteiger partial charge in [-0.15, -0.1) is 0 Å². The Bertz CT molecular complexity index is 2100. The predicted octanol–water partition coefficient (Wildman–Crippen LogP) is 7.58. The van der Waals surface area contributed by atoms with Crippen molar-refractivity contribution in [3.8, 4) is 0 Å². The van der Waals surface area contributed by atoms with Crippen LogP contribution in [-0.4, -0.2) is 173 Å². The zero-order valence-electron chi connectivity index (χ0n) is 47.3. The molecule has 3 aromatic rings. The third-order valence-electron chi connectivity index (χ3n) is 13.8. The molecule has 77 heavy (non-hydrogen) atoms. The Morgan fingerprint density at radius 1 is 0.532 bits per heavy atom. The molecule has 1 fully saturated rings. The quantitative estimate of drug-likeness (QED) is 0.0197. The van der Waals surface area contributed by atoms with Crippen LogP contribution in [0.2, 0.25) is 0 Å². The number of aldehydes is 1. The number of amides is 1. The van der Waals surface area contributed by atoms with Gasteiger partial charge in [0.2, 0.25) is 0 Å². The number of carbonyl (C=O) groups excluding carboxylic acids is 5. The summed E-state index contributed by atoms with van der Waals surface area (Å²) in [5, 5.41) is 3.48. The van der Waals surface area contributed by atoms with Gasteiger partial charge in [0.1, 0.15) is 25.3 Å². The van der Waals surface area contributed by atoms with Crippen molar-refractivity contribution in [1.29, 1.82) is 0 Å². The van der Waals surface area contributed by atoms with E-state index in [4.69, 9.17) is 18.5 Å². The molecule has 16 nitrogen and oxygen atoms in total. The molecule has 0 spiro atoms. The van der Waals surface area contributed by atoms with E-state index in [1.54, 1.807) is 31.2 Å². The fourth-order valence-electron chi connectivity index (χ4n) is 9.12. The molecule has 1 saturated heterocycles. The van der Waals surface area contributed by atoms with Crippen LogP contribution in [0, 0.1) is 0 Å². The summed E-state index contributed by atoms with van der Waals surface area (Å²) >= 11 is 0. The third kappa shape index (κ3) is 30.5. The molecule has 1 heterocycles. The Morgan fingerprint density at radius 3 is 1.34 bits per heavy atom. The first-order valence-electron chi connectivity index (χ1n) is 28.6. The first kappa shape index (κ1) is 65.0. The molecular weight excluding hydrogens is 996 g/mol. The average molecular weight is 1090 g/mol. The van der Waals surface area contributed by atoms with Crippen molar-refractivity contribution in [3.05, 3.63) is 96.1 Å². The number of ether oxygens (including phenoxy) is 2. The summed E-state index contributed by atoms with van der Waals surface area (Å²) in [4.78, 5) is 85.7. The molecule has 0 saturated carbocycles. The summed E-state index contributed by atoms with van der Waals surface area (Å²) in [6, 6.07) is 25.9. The fourth-order valence-corrected chi connectivity index (χ4v) is 10.9. The van der Waals surface area contributed by atoms with Crippen molar-refractivity contribution in [3.63, 3.8) is 0 Å². The number of hydrogen-bond acceptors (Lipinski definition) is 14. The summed E-state index contributed by atoms with van der Waals surface area (Å²) in [6.07, 6.45) is 19.5. The number of anilines is 1. The Kier molecular flexibility index (Phi) is 32.2. The van der Waals surface area contributed by atoms with E-state index in [1.807, 2.05) is 80.3 Å². The normalized spacial score (nSPS) is 15.0. The second-order valence-electron chi connectivity index (χ2n) is 21.8. The summed E-state index contributed by atoms with van der Waals surface area (Å²) in [5.74, 6) is -0.977. The third-order valence-corrected chi connectivity index (χ3v) is 16.0. The molecule has 1 aliphatic rings. The van der Waals surface area contributed by atoms with Crippen LogP contribution in [0.5, 0.6) is 0 Å². The zero-order valence-corrected chi connectivity index (χ0v) is 48.3. The van der Waals surface area contributed by atoms with Gasteiger partial charge in [0, 0.05) is 19.5 Å². The van der Waals surface area contributed by atoms with E-state index in [-0.39, 0.29) is 69.6 Å². The molecule has 0 atom stereocenters. The van der Waals surface area contributed by atoms with Gasteiger partial charge in [0.15, 0.2) is 0 Å². The zero-order chi connectivity index (χ0) is 55.4. The van der Waals surface area contributed by atoms with Crippen LogP contribution < -0.4 is 15.5 Å². The van der Waals surface area contributed by atoms with Gasteiger partial charge in [-0.1, -0.05) is 86.3 Å². The van der Waals surface area contributed by atoms with Crippen molar-refractivity contribution >= 4 is 48.9 Å². The Balaban J connectivity index is 1.32. The van der Waals surface area contributed by atoms with Gasteiger partial charge in [-0.05, 0) is 24.5 Å².